The zero-order valence-corrected chi connectivity index (χ0v) is 15.0. The normalized spacial score (nSPS) is 23.6. The average Bonchev–Trinajstić information content (AvgIpc) is 3.15. The molecule has 2 N–H and O–H groups in total. The third kappa shape index (κ3) is 2.88. The molecular formula is C19H21N5S. The first kappa shape index (κ1) is 16.4. The fourth-order valence-corrected chi connectivity index (χ4v) is 4.67. The third-order valence-corrected chi connectivity index (χ3v) is 6.06. The number of H-pyrrole nitrogens is 1. The van der Waals surface area contributed by atoms with E-state index in [9.17, 15) is 5.26 Å². The van der Waals surface area contributed by atoms with E-state index < -0.39 is 0 Å². The van der Waals surface area contributed by atoms with E-state index in [0.717, 1.165) is 43.0 Å². The van der Waals surface area contributed by atoms with Crippen LogP contribution in [0.1, 0.15) is 29.9 Å². The van der Waals surface area contributed by atoms with Gasteiger partial charge in [0.15, 0.2) is 5.82 Å². The van der Waals surface area contributed by atoms with Gasteiger partial charge in [0.2, 0.25) is 0 Å². The molecule has 1 aromatic carbocycles. The first-order chi connectivity index (χ1) is 12.3. The van der Waals surface area contributed by atoms with Crippen LogP contribution in [0.5, 0.6) is 0 Å². The summed E-state index contributed by atoms with van der Waals surface area (Å²) in [6, 6.07) is 11.0. The van der Waals surface area contributed by atoms with Crippen molar-refractivity contribution >= 4 is 23.3 Å². The summed E-state index contributed by atoms with van der Waals surface area (Å²) in [4.78, 5) is 6.07. The second-order valence-electron chi connectivity index (χ2n) is 6.56. The molecule has 2 atom stereocenters. The zero-order chi connectivity index (χ0) is 17.2. The summed E-state index contributed by atoms with van der Waals surface area (Å²) in [7, 11) is 0. The number of benzene rings is 1. The lowest BCUT2D eigenvalue weighted by Gasteiger charge is -2.33. The smallest absolute Gasteiger partial charge is 0.151 e. The number of rotatable bonds is 3. The van der Waals surface area contributed by atoms with E-state index in [1.807, 2.05) is 6.20 Å². The highest BCUT2D eigenvalue weighted by Gasteiger charge is 2.39. The standard InChI is InChI=1S/C19H21N5S/c1-25-16-5-3-2-4-13(16)17-14(10-20)18(12-6-8-21-9-7-12)23-19-15(17)11-22-24-19/h2-5,11-12,14,17,21H,6-9H2,1H3,(H,22,24). The van der Waals surface area contributed by atoms with Crippen LogP contribution in [0.3, 0.4) is 0 Å². The van der Waals surface area contributed by atoms with Gasteiger partial charge in [0.25, 0.3) is 0 Å². The molecule has 0 radical (unpaired) electrons. The van der Waals surface area contributed by atoms with Crippen LogP contribution < -0.4 is 5.32 Å². The Morgan fingerprint density at radius 2 is 2.00 bits per heavy atom. The van der Waals surface area contributed by atoms with Crippen LogP contribution in [0.15, 0.2) is 40.4 Å². The van der Waals surface area contributed by atoms with Gasteiger partial charge in [-0.25, -0.2) is 4.99 Å². The summed E-state index contributed by atoms with van der Waals surface area (Å²) < 4.78 is 0. The van der Waals surface area contributed by atoms with Crippen molar-refractivity contribution in [2.24, 2.45) is 16.8 Å². The van der Waals surface area contributed by atoms with Crippen LogP contribution in [0, 0.1) is 23.2 Å². The number of aromatic amines is 1. The molecule has 1 fully saturated rings. The van der Waals surface area contributed by atoms with Crippen molar-refractivity contribution in [3.05, 3.63) is 41.6 Å². The van der Waals surface area contributed by atoms with E-state index in [-0.39, 0.29) is 11.8 Å². The lowest BCUT2D eigenvalue weighted by molar-refractivity contribution is 0.443. The molecule has 5 nitrogen and oxygen atoms in total. The summed E-state index contributed by atoms with van der Waals surface area (Å²) in [5.74, 6) is 0.943. The van der Waals surface area contributed by atoms with Crippen LogP contribution in [0.2, 0.25) is 0 Å². The first-order valence-corrected chi connectivity index (χ1v) is 9.91. The topological polar surface area (TPSA) is 76.9 Å². The molecule has 25 heavy (non-hydrogen) atoms. The van der Waals surface area contributed by atoms with Gasteiger partial charge < -0.3 is 5.32 Å². The Morgan fingerprint density at radius 1 is 1.20 bits per heavy atom. The SMILES string of the molecule is CSc1ccccc1C1c2cn[nH]c2N=C(C2CCNCC2)C1C#N. The lowest BCUT2D eigenvalue weighted by atomic mass is 9.73. The monoisotopic (exact) mass is 351 g/mol. The Kier molecular flexibility index (Phi) is 4.60. The predicted molar refractivity (Wildman–Crippen MR) is 100 cm³/mol. The Bertz CT molecular complexity index is 828. The maximum Gasteiger partial charge on any atom is 0.151 e. The molecule has 2 aliphatic heterocycles. The highest BCUT2D eigenvalue weighted by atomic mass is 32.2. The molecule has 1 aromatic heterocycles. The van der Waals surface area contributed by atoms with Crippen molar-refractivity contribution in [3.8, 4) is 6.07 Å². The van der Waals surface area contributed by atoms with Crippen molar-refractivity contribution in [2.45, 2.75) is 23.7 Å². The van der Waals surface area contributed by atoms with Crippen molar-refractivity contribution in [3.63, 3.8) is 0 Å². The van der Waals surface area contributed by atoms with Gasteiger partial charge in [0, 0.05) is 28.0 Å². The van der Waals surface area contributed by atoms with Crippen LogP contribution in [-0.4, -0.2) is 35.3 Å². The number of aromatic nitrogens is 2. The summed E-state index contributed by atoms with van der Waals surface area (Å²) in [5.41, 5.74) is 3.26. The van der Waals surface area contributed by atoms with Crippen molar-refractivity contribution in [2.75, 3.05) is 19.3 Å². The molecule has 2 aliphatic rings. The number of nitrogens with zero attached hydrogens (tertiary/aromatic N) is 3. The van der Waals surface area contributed by atoms with E-state index in [0.29, 0.717) is 5.92 Å². The quantitative estimate of drug-likeness (QED) is 0.830. The molecule has 0 saturated carbocycles. The fourth-order valence-electron chi connectivity index (χ4n) is 4.03. The lowest BCUT2D eigenvalue weighted by Crippen LogP contribution is -2.37. The first-order valence-electron chi connectivity index (χ1n) is 8.68. The van der Waals surface area contributed by atoms with Gasteiger partial charge in [-0.1, -0.05) is 18.2 Å². The molecule has 4 rings (SSSR count). The Hall–Kier alpha value is -2.10. The summed E-state index contributed by atoms with van der Waals surface area (Å²) in [5, 5.41) is 20.7. The minimum absolute atomic E-state index is 0.00946. The van der Waals surface area contributed by atoms with Crippen LogP contribution in [0.25, 0.3) is 0 Å². The van der Waals surface area contributed by atoms with E-state index >= 15 is 0 Å². The van der Waals surface area contributed by atoms with Crippen molar-refractivity contribution in [1.29, 1.82) is 5.26 Å². The molecule has 0 amide bonds. The van der Waals surface area contributed by atoms with Gasteiger partial charge in [-0.2, -0.15) is 10.4 Å². The van der Waals surface area contributed by atoms with Crippen LogP contribution in [-0.2, 0) is 0 Å². The van der Waals surface area contributed by atoms with Gasteiger partial charge in [-0.15, -0.1) is 11.8 Å². The highest BCUT2D eigenvalue weighted by Crippen LogP contribution is 2.45. The largest absolute Gasteiger partial charge is 0.317 e. The van der Waals surface area contributed by atoms with E-state index in [1.165, 1.54) is 10.5 Å². The van der Waals surface area contributed by atoms with Crippen molar-refractivity contribution in [1.82, 2.24) is 15.5 Å². The summed E-state index contributed by atoms with van der Waals surface area (Å²) in [6.07, 6.45) is 6.00. The molecule has 0 spiro atoms. The van der Waals surface area contributed by atoms with E-state index in [2.05, 4.69) is 52.1 Å². The second kappa shape index (κ2) is 7.03. The number of hydrogen-bond donors (Lipinski definition) is 2. The summed E-state index contributed by atoms with van der Waals surface area (Å²) >= 11 is 1.73. The minimum atomic E-state index is -0.235. The average molecular weight is 351 g/mol. The zero-order valence-electron chi connectivity index (χ0n) is 14.2. The predicted octanol–water partition coefficient (Wildman–Crippen LogP) is 3.49. The van der Waals surface area contributed by atoms with Gasteiger partial charge >= 0.3 is 0 Å². The molecule has 0 bridgehead atoms. The third-order valence-electron chi connectivity index (χ3n) is 5.25. The number of nitriles is 1. The number of nitrogens with one attached hydrogen (secondary N) is 2. The molecule has 2 unspecified atom stereocenters. The Morgan fingerprint density at radius 3 is 2.76 bits per heavy atom. The van der Waals surface area contributed by atoms with Gasteiger partial charge in [0.1, 0.15) is 0 Å². The number of aliphatic imine (C=N–C) groups is 1. The molecule has 128 valence electrons. The molecule has 0 aliphatic carbocycles. The van der Waals surface area contributed by atoms with Gasteiger partial charge in [-0.3, -0.25) is 5.10 Å². The maximum atomic E-state index is 10.1. The number of thioether (sulfide) groups is 1. The molecular weight excluding hydrogens is 330 g/mol. The number of fused-ring (bicyclic) bond motifs is 1. The molecule has 6 heteroatoms. The number of hydrogen-bond acceptors (Lipinski definition) is 5. The van der Waals surface area contributed by atoms with Crippen molar-refractivity contribution < 1.29 is 0 Å². The fraction of sp³-hybridized carbons (Fsp3) is 0.421. The second-order valence-corrected chi connectivity index (χ2v) is 7.41. The van der Waals surface area contributed by atoms with Gasteiger partial charge in [-0.05, 0) is 43.8 Å². The molecule has 1 saturated heterocycles. The van der Waals surface area contributed by atoms with E-state index in [4.69, 9.17) is 4.99 Å². The van der Waals surface area contributed by atoms with Crippen LogP contribution >= 0.6 is 11.8 Å². The highest BCUT2D eigenvalue weighted by molar-refractivity contribution is 7.98. The number of piperidine rings is 1. The minimum Gasteiger partial charge on any atom is -0.317 e. The van der Waals surface area contributed by atoms with Crippen LogP contribution in [0.4, 0.5) is 5.82 Å². The summed E-state index contributed by atoms with van der Waals surface area (Å²) in [6.45, 7) is 1.98. The Labute approximate surface area is 151 Å². The van der Waals surface area contributed by atoms with E-state index in [1.54, 1.807) is 11.8 Å². The Balaban J connectivity index is 1.84. The maximum absolute atomic E-state index is 10.1. The van der Waals surface area contributed by atoms with Gasteiger partial charge in [0.05, 0.1) is 18.2 Å². The molecule has 2 aromatic rings. The molecule has 3 heterocycles.